The number of rotatable bonds is 8. The Kier molecular flexibility index (Phi) is 6.69. The number of hydrogen-bond acceptors (Lipinski definition) is 8. The number of benzene rings is 2. The van der Waals surface area contributed by atoms with Crippen LogP contribution in [-0.2, 0) is 9.53 Å². The number of carbonyl (C=O) groups is 2. The minimum Gasteiger partial charge on any atom is -0.497 e. The number of ether oxygens (including phenoxy) is 6. The molecule has 0 N–H and O–H groups in total. The van der Waals surface area contributed by atoms with E-state index in [1.807, 2.05) is 0 Å². The molecular weight excluding hydrogens is 404 g/mol. The highest BCUT2D eigenvalue weighted by Crippen LogP contribution is 2.39. The SMILES string of the molecule is COc1cc(C=C2Oc3cc(OCC(=O)OC(C)C)ccc3C2=O)c(OC)c(OC)c1. The summed E-state index contributed by atoms with van der Waals surface area (Å²) in [6.45, 7) is 3.27. The van der Waals surface area contributed by atoms with Gasteiger partial charge in [0.05, 0.1) is 33.0 Å². The first-order chi connectivity index (χ1) is 14.9. The second-order valence-corrected chi connectivity index (χ2v) is 6.88. The summed E-state index contributed by atoms with van der Waals surface area (Å²) < 4.78 is 32.3. The van der Waals surface area contributed by atoms with Crippen LogP contribution in [0.3, 0.4) is 0 Å². The van der Waals surface area contributed by atoms with Gasteiger partial charge < -0.3 is 28.4 Å². The zero-order valence-electron chi connectivity index (χ0n) is 18.0. The number of Topliss-reactive ketones (excluding diaryl/α,β-unsaturated/α-hetero) is 1. The zero-order chi connectivity index (χ0) is 22.5. The molecule has 8 heteroatoms. The van der Waals surface area contributed by atoms with Gasteiger partial charge in [-0.2, -0.15) is 0 Å². The Balaban J connectivity index is 1.84. The lowest BCUT2D eigenvalue weighted by molar-refractivity contribution is -0.149. The summed E-state index contributed by atoms with van der Waals surface area (Å²) in [5.41, 5.74) is 0.944. The summed E-state index contributed by atoms with van der Waals surface area (Å²) in [6.07, 6.45) is 1.34. The Morgan fingerprint density at radius 2 is 1.81 bits per heavy atom. The van der Waals surface area contributed by atoms with Crippen LogP contribution in [0.2, 0.25) is 0 Å². The molecule has 164 valence electrons. The second kappa shape index (κ2) is 9.42. The van der Waals surface area contributed by atoms with Crippen LogP contribution in [0.15, 0.2) is 36.1 Å². The molecule has 0 spiro atoms. The summed E-state index contributed by atoms with van der Waals surface area (Å²) in [5, 5.41) is 0. The molecule has 1 heterocycles. The van der Waals surface area contributed by atoms with Gasteiger partial charge in [-0.05, 0) is 38.1 Å². The van der Waals surface area contributed by atoms with Crippen LogP contribution in [0.1, 0.15) is 29.8 Å². The normalized spacial score (nSPS) is 13.6. The third-order valence-electron chi connectivity index (χ3n) is 4.37. The van der Waals surface area contributed by atoms with Gasteiger partial charge in [0.2, 0.25) is 5.78 Å². The van der Waals surface area contributed by atoms with Crippen LogP contribution in [0, 0.1) is 0 Å². The Hall–Kier alpha value is -3.68. The molecule has 0 amide bonds. The molecule has 2 aromatic carbocycles. The van der Waals surface area contributed by atoms with Gasteiger partial charge in [-0.15, -0.1) is 0 Å². The first kappa shape index (κ1) is 22.0. The fourth-order valence-corrected chi connectivity index (χ4v) is 3.03. The van der Waals surface area contributed by atoms with Gasteiger partial charge in [-0.3, -0.25) is 4.79 Å². The van der Waals surface area contributed by atoms with Crippen molar-refractivity contribution in [3.63, 3.8) is 0 Å². The number of ketones is 1. The van der Waals surface area contributed by atoms with Crippen molar-refractivity contribution in [1.82, 2.24) is 0 Å². The van der Waals surface area contributed by atoms with Crippen LogP contribution in [0.25, 0.3) is 6.08 Å². The Morgan fingerprint density at radius 1 is 1.03 bits per heavy atom. The largest absolute Gasteiger partial charge is 0.497 e. The number of carbonyl (C=O) groups excluding carboxylic acids is 2. The highest BCUT2D eigenvalue weighted by Gasteiger charge is 2.28. The van der Waals surface area contributed by atoms with Crippen molar-refractivity contribution in [3.8, 4) is 28.7 Å². The number of esters is 1. The minimum atomic E-state index is -0.479. The highest BCUT2D eigenvalue weighted by molar-refractivity contribution is 6.14. The topological polar surface area (TPSA) is 89.5 Å². The van der Waals surface area contributed by atoms with E-state index < -0.39 is 5.97 Å². The predicted molar refractivity (Wildman–Crippen MR) is 112 cm³/mol. The number of hydrogen-bond donors (Lipinski definition) is 0. The maximum Gasteiger partial charge on any atom is 0.344 e. The van der Waals surface area contributed by atoms with E-state index in [0.29, 0.717) is 39.9 Å². The minimum absolute atomic E-state index is 0.111. The number of methoxy groups -OCH3 is 3. The average Bonchev–Trinajstić information content (AvgIpc) is 3.05. The van der Waals surface area contributed by atoms with Crippen molar-refractivity contribution < 1.29 is 38.0 Å². The third kappa shape index (κ3) is 4.91. The van der Waals surface area contributed by atoms with Gasteiger partial charge >= 0.3 is 5.97 Å². The van der Waals surface area contributed by atoms with E-state index in [0.717, 1.165) is 0 Å². The van der Waals surface area contributed by atoms with Crippen molar-refractivity contribution >= 4 is 17.8 Å². The molecule has 1 aliphatic heterocycles. The lowest BCUT2D eigenvalue weighted by Gasteiger charge is -2.13. The molecule has 0 radical (unpaired) electrons. The van der Waals surface area contributed by atoms with Crippen LogP contribution >= 0.6 is 0 Å². The predicted octanol–water partition coefficient (Wildman–Crippen LogP) is 3.66. The van der Waals surface area contributed by atoms with Crippen LogP contribution < -0.4 is 23.7 Å². The molecule has 0 saturated carbocycles. The lowest BCUT2D eigenvalue weighted by Crippen LogP contribution is -2.18. The average molecular weight is 428 g/mol. The van der Waals surface area contributed by atoms with E-state index >= 15 is 0 Å². The molecule has 2 aromatic rings. The van der Waals surface area contributed by atoms with Crippen LogP contribution in [-0.4, -0.2) is 45.8 Å². The van der Waals surface area contributed by atoms with Crippen LogP contribution in [0.4, 0.5) is 0 Å². The summed E-state index contributed by atoms with van der Waals surface area (Å²) in [4.78, 5) is 24.5. The second-order valence-electron chi connectivity index (χ2n) is 6.88. The standard InChI is InChI=1S/C23H24O8/c1-13(2)30-21(24)12-29-15-6-7-17-18(10-15)31-19(22(17)25)9-14-8-16(26-3)11-20(27-4)23(14)28-5/h6-11,13H,12H2,1-5H3. The summed E-state index contributed by atoms with van der Waals surface area (Å²) in [6, 6.07) is 8.13. The van der Waals surface area contributed by atoms with Crippen molar-refractivity contribution in [2.45, 2.75) is 20.0 Å². The number of fused-ring (bicyclic) bond motifs is 1. The van der Waals surface area contributed by atoms with E-state index in [2.05, 4.69) is 0 Å². The first-order valence-electron chi connectivity index (χ1n) is 9.56. The van der Waals surface area contributed by atoms with Crippen molar-refractivity contribution in [2.75, 3.05) is 27.9 Å². The molecule has 0 atom stereocenters. The fourth-order valence-electron chi connectivity index (χ4n) is 3.03. The molecule has 0 aromatic heterocycles. The molecule has 0 saturated heterocycles. The highest BCUT2D eigenvalue weighted by atomic mass is 16.6. The van der Waals surface area contributed by atoms with Gasteiger partial charge in [-0.1, -0.05) is 0 Å². The van der Waals surface area contributed by atoms with E-state index in [1.54, 1.807) is 50.3 Å². The van der Waals surface area contributed by atoms with Gasteiger partial charge in [0.1, 0.15) is 17.2 Å². The molecule has 31 heavy (non-hydrogen) atoms. The lowest BCUT2D eigenvalue weighted by atomic mass is 10.1. The number of allylic oxidation sites excluding steroid dienone is 1. The quantitative estimate of drug-likeness (QED) is 0.465. The molecule has 3 rings (SSSR count). The summed E-state index contributed by atoms with van der Waals surface area (Å²) in [7, 11) is 4.55. The Labute approximate surface area is 180 Å². The van der Waals surface area contributed by atoms with Crippen molar-refractivity contribution in [3.05, 3.63) is 47.2 Å². The smallest absolute Gasteiger partial charge is 0.344 e. The van der Waals surface area contributed by atoms with Crippen molar-refractivity contribution in [2.24, 2.45) is 0 Å². The summed E-state index contributed by atoms with van der Waals surface area (Å²) >= 11 is 0. The molecular formula is C23H24O8. The maximum absolute atomic E-state index is 12.8. The molecule has 8 nitrogen and oxygen atoms in total. The molecule has 0 bridgehead atoms. The molecule has 0 aliphatic carbocycles. The van der Waals surface area contributed by atoms with Crippen LogP contribution in [0.5, 0.6) is 28.7 Å². The van der Waals surface area contributed by atoms with E-state index in [9.17, 15) is 9.59 Å². The maximum atomic E-state index is 12.8. The summed E-state index contributed by atoms with van der Waals surface area (Å²) in [5.74, 6) is 1.50. The van der Waals surface area contributed by atoms with Gasteiger partial charge in [0.25, 0.3) is 0 Å². The molecule has 0 unspecified atom stereocenters. The third-order valence-corrected chi connectivity index (χ3v) is 4.37. The first-order valence-corrected chi connectivity index (χ1v) is 9.56. The van der Waals surface area contributed by atoms with Crippen molar-refractivity contribution in [1.29, 1.82) is 0 Å². The fraction of sp³-hybridized carbons (Fsp3) is 0.304. The van der Waals surface area contributed by atoms with E-state index in [-0.39, 0.29) is 24.3 Å². The molecule has 1 aliphatic rings. The zero-order valence-corrected chi connectivity index (χ0v) is 18.0. The Bertz CT molecular complexity index is 1020. The van der Waals surface area contributed by atoms with Gasteiger partial charge in [0.15, 0.2) is 23.9 Å². The molecule has 0 fully saturated rings. The Morgan fingerprint density at radius 3 is 2.45 bits per heavy atom. The van der Waals surface area contributed by atoms with Gasteiger partial charge in [0, 0.05) is 17.7 Å². The van der Waals surface area contributed by atoms with E-state index in [1.165, 1.54) is 21.3 Å². The van der Waals surface area contributed by atoms with Gasteiger partial charge in [-0.25, -0.2) is 4.79 Å². The monoisotopic (exact) mass is 428 g/mol. The van der Waals surface area contributed by atoms with E-state index in [4.69, 9.17) is 28.4 Å².